The van der Waals surface area contributed by atoms with Crippen LogP contribution in [0.25, 0.3) is 22.1 Å². The summed E-state index contributed by atoms with van der Waals surface area (Å²) in [6.45, 7) is 8.49. The average Bonchev–Trinajstić information content (AvgIpc) is 3.51. The molecule has 1 unspecified atom stereocenters. The molecule has 0 saturated carbocycles. The Kier molecular flexibility index (Phi) is 6.49. The molecule has 2 aromatic carbocycles. The fourth-order valence-corrected chi connectivity index (χ4v) is 6.81. The summed E-state index contributed by atoms with van der Waals surface area (Å²) in [7, 11) is 2.22. The van der Waals surface area contributed by atoms with Crippen LogP contribution in [0.15, 0.2) is 55.0 Å². The van der Waals surface area contributed by atoms with E-state index < -0.39 is 0 Å². The quantitative estimate of drug-likeness (QED) is 0.273. The zero-order valence-corrected chi connectivity index (χ0v) is 24.5. The molecule has 2 fully saturated rings. The number of anilines is 5. The molecule has 2 atom stereocenters. The molecule has 3 aliphatic rings. The Morgan fingerprint density at radius 1 is 0.930 bits per heavy atom. The van der Waals surface area contributed by atoms with Gasteiger partial charge >= 0.3 is 0 Å². The number of hydrogen-bond acceptors (Lipinski definition) is 10. The van der Waals surface area contributed by atoms with Gasteiger partial charge in [-0.05, 0) is 57.1 Å². The van der Waals surface area contributed by atoms with Gasteiger partial charge in [0.05, 0.1) is 28.1 Å². The Morgan fingerprint density at radius 2 is 1.81 bits per heavy atom. The third-order valence-corrected chi connectivity index (χ3v) is 9.26. The normalized spacial score (nSPS) is 20.9. The molecule has 0 radical (unpaired) electrons. The monoisotopic (exact) mass is 576 g/mol. The van der Waals surface area contributed by atoms with Crippen LogP contribution in [0.4, 0.5) is 28.8 Å². The van der Waals surface area contributed by atoms with Crippen LogP contribution in [0.5, 0.6) is 5.75 Å². The van der Waals surface area contributed by atoms with Crippen molar-refractivity contribution >= 4 is 50.9 Å². The summed E-state index contributed by atoms with van der Waals surface area (Å²) in [5, 5.41) is 7.84. The first kappa shape index (κ1) is 26.2. The number of aromatic nitrogens is 5. The lowest BCUT2D eigenvalue weighted by atomic mass is 9.93. The molecule has 220 valence electrons. The molecule has 0 aliphatic carbocycles. The number of fused-ring (bicyclic) bond motifs is 5. The first-order chi connectivity index (χ1) is 21.1. The second-order valence-corrected chi connectivity index (χ2v) is 11.9. The summed E-state index contributed by atoms with van der Waals surface area (Å²) in [5.74, 6) is 2.11. The van der Waals surface area contributed by atoms with Crippen LogP contribution in [0.3, 0.4) is 0 Å². The Bertz CT molecular complexity index is 1800. The lowest BCUT2D eigenvalue weighted by Crippen LogP contribution is -2.57. The standard InChI is InChI=1S/C32H36N10O/c1-20-25(4-5-26-29(20)34-11-10-33-26)37-31-24-7-9-35-30(24)38-32(39-31)36-21-3-6-27-28(17-21)43-19-23-18-22(8-12-42(23)27)41-15-13-40(2)14-16-41/h3-7,9-11,17,22-23H,8,12-16,18-19H2,1-2H3,(H3,35,36,37,38,39)/t22-,23?/m0/s1. The summed E-state index contributed by atoms with van der Waals surface area (Å²) in [6, 6.07) is 13.4. The van der Waals surface area contributed by atoms with Crippen LogP contribution in [0.2, 0.25) is 0 Å². The van der Waals surface area contributed by atoms with E-state index in [0.29, 0.717) is 23.8 Å². The minimum Gasteiger partial charge on any atom is -0.489 e. The predicted molar refractivity (Wildman–Crippen MR) is 170 cm³/mol. The Hall–Kier alpha value is -4.48. The number of piperidine rings is 1. The molecule has 3 aromatic heterocycles. The van der Waals surface area contributed by atoms with Crippen LogP contribution in [-0.2, 0) is 0 Å². The summed E-state index contributed by atoms with van der Waals surface area (Å²) >= 11 is 0. The highest BCUT2D eigenvalue weighted by Crippen LogP contribution is 2.40. The first-order valence-electron chi connectivity index (χ1n) is 15.1. The highest BCUT2D eigenvalue weighted by Gasteiger charge is 2.36. The SMILES string of the molecule is Cc1c(Nc2nc(Nc3ccc4c(c3)OCC3C[C@@H](N5CCN(C)CC5)CCN43)nc3[nH]ccc23)ccc2nccnc12. The highest BCUT2D eigenvalue weighted by molar-refractivity contribution is 5.92. The highest BCUT2D eigenvalue weighted by atomic mass is 16.5. The fraction of sp³-hybridized carbons (Fsp3) is 0.375. The van der Waals surface area contributed by atoms with Gasteiger partial charge in [0.1, 0.15) is 23.8 Å². The van der Waals surface area contributed by atoms with E-state index in [1.165, 1.54) is 25.2 Å². The maximum atomic E-state index is 6.35. The Morgan fingerprint density at radius 3 is 2.72 bits per heavy atom. The summed E-state index contributed by atoms with van der Waals surface area (Å²) in [4.78, 5) is 29.5. The van der Waals surface area contributed by atoms with Gasteiger partial charge in [0.2, 0.25) is 5.95 Å². The number of H-pyrrole nitrogens is 1. The lowest BCUT2D eigenvalue weighted by Gasteiger charge is -2.48. The Labute approximate surface area is 250 Å². The van der Waals surface area contributed by atoms with E-state index in [1.54, 1.807) is 12.4 Å². The molecule has 0 spiro atoms. The van der Waals surface area contributed by atoms with Crippen molar-refractivity contribution in [2.75, 3.05) is 61.9 Å². The van der Waals surface area contributed by atoms with Crippen LogP contribution in [0.1, 0.15) is 18.4 Å². The van der Waals surface area contributed by atoms with Gasteiger partial charge < -0.3 is 30.2 Å². The molecule has 0 amide bonds. The van der Waals surface area contributed by atoms with Crippen molar-refractivity contribution < 1.29 is 4.74 Å². The van der Waals surface area contributed by atoms with Gasteiger partial charge in [-0.25, -0.2) is 0 Å². The number of benzene rings is 2. The number of aromatic amines is 1. The molecule has 0 bridgehead atoms. The number of ether oxygens (including phenoxy) is 1. The molecule has 8 rings (SSSR count). The van der Waals surface area contributed by atoms with Crippen molar-refractivity contribution in [2.24, 2.45) is 0 Å². The van der Waals surface area contributed by atoms with E-state index in [4.69, 9.17) is 14.7 Å². The molecular formula is C32H36N10O. The number of nitrogens with one attached hydrogen (secondary N) is 3. The smallest absolute Gasteiger partial charge is 0.231 e. The minimum atomic E-state index is 0.418. The Balaban J connectivity index is 1.01. The van der Waals surface area contributed by atoms with Gasteiger partial charge in [-0.1, -0.05) is 0 Å². The molecule has 3 aliphatic heterocycles. The van der Waals surface area contributed by atoms with Crippen molar-refractivity contribution in [2.45, 2.75) is 31.8 Å². The fourth-order valence-electron chi connectivity index (χ4n) is 6.81. The maximum absolute atomic E-state index is 6.35. The van der Waals surface area contributed by atoms with Gasteiger partial charge in [0.15, 0.2) is 0 Å². The van der Waals surface area contributed by atoms with Gasteiger partial charge in [-0.2, -0.15) is 9.97 Å². The van der Waals surface area contributed by atoms with Crippen molar-refractivity contribution in [3.63, 3.8) is 0 Å². The van der Waals surface area contributed by atoms with Crippen LogP contribution >= 0.6 is 0 Å². The van der Waals surface area contributed by atoms with E-state index in [0.717, 1.165) is 77.4 Å². The summed E-state index contributed by atoms with van der Waals surface area (Å²) < 4.78 is 6.35. The molecule has 2 saturated heterocycles. The number of rotatable bonds is 5. The third-order valence-electron chi connectivity index (χ3n) is 9.26. The molecular weight excluding hydrogens is 540 g/mol. The largest absolute Gasteiger partial charge is 0.489 e. The van der Waals surface area contributed by atoms with E-state index in [1.807, 2.05) is 31.3 Å². The number of nitrogens with zero attached hydrogens (tertiary/aromatic N) is 7. The van der Waals surface area contributed by atoms with Gasteiger partial charge in [0.25, 0.3) is 0 Å². The van der Waals surface area contributed by atoms with Crippen molar-refractivity contribution in [3.05, 3.63) is 60.6 Å². The molecule has 11 nitrogen and oxygen atoms in total. The molecule has 5 aromatic rings. The topological polar surface area (TPSA) is 110 Å². The number of aryl methyl sites for hydroxylation is 1. The van der Waals surface area contributed by atoms with E-state index in [9.17, 15) is 0 Å². The first-order valence-corrected chi connectivity index (χ1v) is 15.1. The third kappa shape index (κ3) is 4.88. The second-order valence-electron chi connectivity index (χ2n) is 11.9. The summed E-state index contributed by atoms with van der Waals surface area (Å²) in [6.07, 6.45) is 7.66. The van der Waals surface area contributed by atoms with Gasteiger partial charge in [-0.15, -0.1) is 0 Å². The number of hydrogen-bond donors (Lipinski definition) is 3. The van der Waals surface area contributed by atoms with Crippen molar-refractivity contribution in [1.82, 2.24) is 34.7 Å². The maximum Gasteiger partial charge on any atom is 0.231 e. The van der Waals surface area contributed by atoms with Crippen molar-refractivity contribution in [1.29, 1.82) is 0 Å². The number of piperazine rings is 1. The average molecular weight is 577 g/mol. The van der Waals surface area contributed by atoms with Crippen LogP contribution < -0.4 is 20.3 Å². The predicted octanol–water partition coefficient (Wildman–Crippen LogP) is 4.67. The van der Waals surface area contributed by atoms with E-state index in [-0.39, 0.29) is 0 Å². The molecule has 43 heavy (non-hydrogen) atoms. The van der Waals surface area contributed by atoms with Gasteiger partial charge in [0, 0.05) is 80.4 Å². The lowest BCUT2D eigenvalue weighted by molar-refractivity contribution is 0.0822. The molecule has 3 N–H and O–H groups in total. The molecule has 6 heterocycles. The number of likely N-dealkylation sites (N-methyl/N-ethyl adjacent to an activating group) is 1. The molecule has 11 heteroatoms. The van der Waals surface area contributed by atoms with Crippen LogP contribution in [-0.4, -0.2) is 93.2 Å². The van der Waals surface area contributed by atoms with Gasteiger partial charge in [-0.3, -0.25) is 14.9 Å². The van der Waals surface area contributed by atoms with Crippen LogP contribution in [0, 0.1) is 6.92 Å². The van der Waals surface area contributed by atoms with E-state index in [2.05, 4.69) is 65.5 Å². The van der Waals surface area contributed by atoms with E-state index >= 15 is 0 Å². The zero-order valence-electron chi connectivity index (χ0n) is 24.5. The second kappa shape index (κ2) is 10.7. The minimum absolute atomic E-state index is 0.418. The zero-order chi connectivity index (χ0) is 28.9. The van der Waals surface area contributed by atoms with Crippen molar-refractivity contribution in [3.8, 4) is 5.75 Å². The summed E-state index contributed by atoms with van der Waals surface area (Å²) in [5.41, 5.74) is 6.48.